The lowest BCUT2D eigenvalue weighted by molar-refractivity contribution is -0.118. The minimum atomic E-state index is -0.129. The van der Waals surface area contributed by atoms with Crippen molar-refractivity contribution in [3.8, 4) is 17.1 Å². The summed E-state index contributed by atoms with van der Waals surface area (Å²) in [5, 5.41) is 12.6. The van der Waals surface area contributed by atoms with Crippen LogP contribution in [0.4, 0.5) is 0 Å². The molecule has 0 saturated carbocycles. The summed E-state index contributed by atoms with van der Waals surface area (Å²) < 4.78 is 7.22. The second-order valence-corrected chi connectivity index (χ2v) is 7.34. The maximum atomic E-state index is 12.3. The van der Waals surface area contributed by atoms with Gasteiger partial charge >= 0.3 is 0 Å². The van der Waals surface area contributed by atoms with E-state index >= 15 is 0 Å². The van der Waals surface area contributed by atoms with E-state index in [0.29, 0.717) is 34.8 Å². The molecule has 0 aliphatic heterocycles. The summed E-state index contributed by atoms with van der Waals surface area (Å²) in [5.74, 6) is 1.46. The predicted octanol–water partition coefficient (Wildman–Crippen LogP) is 3.60. The third-order valence-corrected chi connectivity index (χ3v) is 5.22. The Hall–Kier alpha value is -2.84. The van der Waals surface area contributed by atoms with Gasteiger partial charge in [-0.05, 0) is 30.3 Å². The van der Waals surface area contributed by atoms with Crippen LogP contribution in [-0.2, 0) is 17.9 Å². The number of carbonyl (C=O) groups excluding carboxylic acids is 1. The highest BCUT2D eigenvalue weighted by molar-refractivity contribution is 7.99. The van der Waals surface area contributed by atoms with Gasteiger partial charge in [0.25, 0.3) is 0 Å². The van der Waals surface area contributed by atoms with Crippen molar-refractivity contribution in [2.24, 2.45) is 0 Å². The van der Waals surface area contributed by atoms with Gasteiger partial charge in [0.05, 0.1) is 12.9 Å². The number of halogens is 1. The zero-order valence-corrected chi connectivity index (χ0v) is 17.4. The van der Waals surface area contributed by atoms with Crippen LogP contribution >= 0.6 is 23.4 Å². The fourth-order valence-corrected chi connectivity index (χ4v) is 3.64. The molecule has 1 amide bonds. The lowest BCUT2D eigenvalue weighted by atomic mass is 10.2. The van der Waals surface area contributed by atoms with Crippen LogP contribution in [0.5, 0.6) is 5.75 Å². The van der Waals surface area contributed by atoms with Crippen LogP contribution in [-0.4, -0.2) is 38.5 Å². The molecule has 150 valence electrons. The number of nitrogens with one attached hydrogen (secondary N) is 1. The Kier molecular flexibility index (Phi) is 7.26. The normalized spacial score (nSPS) is 10.6. The number of hydrogen-bond acceptors (Lipinski definition) is 6. The fourth-order valence-electron chi connectivity index (χ4n) is 2.66. The summed E-state index contributed by atoms with van der Waals surface area (Å²) in [6, 6.07) is 9.02. The molecular formula is C20H20ClN5O2S. The number of allylic oxidation sites excluding steroid dienone is 1. The molecule has 0 aliphatic carbocycles. The maximum Gasteiger partial charge on any atom is 0.230 e. The summed E-state index contributed by atoms with van der Waals surface area (Å²) in [6.07, 6.45) is 5.17. The Labute approximate surface area is 178 Å². The zero-order valence-electron chi connectivity index (χ0n) is 15.8. The molecule has 9 heteroatoms. The van der Waals surface area contributed by atoms with Crippen molar-refractivity contribution in [3.63, 3.8) is 0 Å². The van der Waals surface area contributed by atoms with Gasteiger partial charge in [0.1, 0.15) is 5.75 Å². The van der Waals surface area contributed by atoms with Gasteiger partial charge in [-0.25, -0.2) is 0 Å². The Balaban J connectivity index is 1.64. The van der Waals surface area contributed by atoms with E-state index in [1.54, 1.807) is 43.8 Å². The first kappa shape index (κ1) is 20.9. The number of ether oxygens (including phenoxy) is 1. The highest BCUT2D eigenvalue weighted by Crippen LogP contribution is 2.24. The summed E-state index contributed by atoms with van der Waals surface area (Å²) >= 11 is 7.34. The van der Waals surface area contributed by atoms with E-state index in [1.165, 1.54) is 11.8 Å². The smallest absolute Gasteiger partial charge is 0.230 e. The lowest BCUT2D eigenvalue weighted by Gasteiger charge is -2.10. The van der Waals surface area contributed by atoms with Gasteiger partial charge in [-0.15, -0.1) is 16.8 Å². The molecule has 0 fully saturated rings. The largest absolute Gasteiger partial charge is 0.496 e. The Morgan fingerprint density at radius 3 is 2.83 bits per heavy atom. The van der Waals surface area contributed by atoms with Crippen LogP contribution < -0.4 is 10.1 Å². The number of pyridine rings is 1. The number of carbonyl (C=O) groups is 1. The molecule has 3 aromatic rings. The molecule has 1 aromatic carbocycles. The highest BCUT2D eigenvalue weighted by Gasteiger charge is 2.15. The quantitative estimate of drug-likeness (QED) is 0.413. The lowest BCUT2D eigenvalue weighted by Crippen LogP contribution is -2.25. The van der Waals surface area contributed by atoms with Crippen molar-refractivity contribution in [1.82, 2.24) is 25.1 Å². The molecule has 0 bridgehead atoms. The SMILES string of the molecule is C=CCn1c(SCC(=O)NCc2cc(Cl)ccc2OC)nnc1-c1ccncc1. The van der Waals surface area contributed by atoms with Gasteiger partial charge in [0.2, 0.25) is 5.91 Å². The Bertz CT molecular complexity index is 994. The maximum absolute atomic E-state index is 12.3. The van der Waals surface area contributed by atoms with Crippen LogP contribution in [0, 0.1) is 0 Å². The number of amides is 1. The molecule has 0 atom stereocenters. The molecule has 1 N–H and O–H groups in total. The molecule has 3 rings (SSSR count). The van der Waals surface area contributed by atoms with Gasteiger partial charge in [0.15, 0.2) is 11.0 Å². The van der Waals surface area contributed by atoms with Gasteiger partial charge in [0, 0.05) is 41.6 Å². The number of benzene rings is 1. The third-order valence-electron chi connectivity index (χ3n) is 4.02. The average molecular weight is 430 g/mol. The van der Waals surface area contributed by atoms with Crippen LogP contribution in [0.1, 0.15) is 5.56 Å². The van der Waals surface area contributed by atoms with Crippen LogP contribution in [0.2, 0.25) is 5.02 Å². The minimum absolute atomic E-state index is 0.129. The van der Waals surface area contributed by atoms with Crippen molar-refractivity contribution in [2.45, 2.75) is 18.2 Å². The van der Waals surface area contributed by atoms with Gasteiger partial charge in [-0.3, -0.25) is 14.3 Å². The molecule has 2 heterocycles. The fraction of sp³-hybridized carbons (Fsp3) is 0.200. The first-order chi connectivity index (χ1) is 14.1. The molecule has 0 radical (unpaired) electrons. The van der Waals surface area contributed by atoms with E-state index in [-0.39, 0.29) is 11.7 Å². The third kappa shape index (κ3) is 5.36. The van der Waals surface area contributed by atoms with Crippen molar-refractivity contribution >= 4 is 29.3 Å². The second-order valence-electron chi connectivity index (χ2n) is 5.96. The number of nitrogens with zero attached hydrogens (tertiary/aromatic N) is 4. The first-order valence-electron chi connectivity index (χ1n) is 8.78. The predicted molar refractivity (Wildman–Crippen MR) is 114 cm³/mol. The topological polar surface area (TPSA) is 81.9 Å². The van der Waals surface area contributed by atoms with E-state index in [4.69, 9.17) is 16.3 Å². The van der Waals surface area contributed by atoms with Crippen molar-refractivity contribution in [2.75, 3.05) is 12.9 Å². The molecule has 0 saturated heterocycles. The Morgan fingerprint density at radius 1 is 1.31 bits per heavy atom. The number of rotatable bonds is 9. The van der Waals surface area contributed by atoms with E-state index < -0.39 is 0 Å². The van der Waals surface area contributed by atoms with E-state index in [2.05, 4.69) is 27.1 Å². The molecule has 29 heavy (non-hydrogen) atoms. The number of thioether (sulfide) groups is 1. The molecule has 0 aliphatic rings. The average Bonchev–Trinajstić information content (AvgIpc) is 3.14. The summed E-state index contributed by atoms with van der Waals surface area (Å²) in [5.41, 5.74) is 1.71. The van der Waals surface area contributed by atoms with Crippen molar-refractivity contribution in [3.05, 3.63) is 66.0 Å². The molecule has 2 aromatic heterocycles. The van der Waals surface area contributed by atoms with Crippen LogP contribution in [0.15, 0.2) is 60.5 Å². The van der Waals surface area contributed by atoms with Gasteiger partial charge < -0.3 is 10.1 Å². The number of hydrogen-bond donors (Lipinski definition) is 1. The van der Waals surface area contributed by atoms with Gasteiger partial charge in [-0.2, -0.15) is 0 Å². The van der Waals surface area contributed by atoms with Crippen LogP contribution in [0.25, 0.3) is 11.4 Å². The van der Waals surface area contributed by atoms with E-state index in [0.717, 1.165) is 11.1 Å². The highest BCUT2D eigenvalue weighted by atomic mass is 35.5. The number of aromatic nitrogens is 4. The monoisotopic (exact) mass is 429 g/mol. The van der Waals surface area contributed by atoms with E-state index in [9.17, 15) is 4.79 Å². The molecule has 7 nitrogen and oxygen atoms in total. The minimum Gasteiger partial charge on any atom is -0.496 e. The van der Waals surface area contributed by atoms with E-state index in [1.807, 2.05) is 16.7 Å². The zero-order chi connectivity index (χ0) is 20.6. The molecule has 0 spiro atoms. The summed E-state index contributed by atoms with van der Waals surface area (Å²) in [6.45, 7) is 4.65. The molecule has 0 unspecified atom stereocenters. The van der Waals surface area contributed by atoms with Crippen molar-refractivity contribution < 1.29 is 9.53 Å². The Morgan fingerprint density at radius 2 is 2.10 bits per heavy atom. The van der Waals surface area contributed by atoms with Gasteiger partial charge in [-0.1, -0.05) is 29.4 Å². The summed E-state index contributed by atoms with van der Waals surface area (Å²) in [7, 11) is 1.58. The first-order valence-corrected chi connectivity index (χ1v) is 10.1. The summed E-state index contributed by atoms with van der Waals surface area (Å²) in [4.78, 5) is 16.4. The standard InChI is InChI=1S/C20H20ClN5O2S/c1-3-10-26-19(14-6-8-22-9-7-14)24-25-20(26)29-13-18(27)23-12-15-11-16(21)4-5-17(15)28-2/h3-9,11H,1,10,12-13H2,2H3,(H,23,27). The van der Waals surface area contributed by atoms with Crippen molar-refractivity contribution in [1.29, 1.82) is 0 Å². The van der Waals surface area contributed by atoms with Crippen LogP contribution in [0.3, 0.4) is 0 Å². The number of methoxy groups -OCH3 is 1. The molecular weight excluding hydrogens is 410 g/mol. The second kappa shape index (κ2) is 10.1.